The van der Waals surface area contributed by atoms with E-state index in [1.54, 1.807) is 0 Å². The molecule has 0 bridgehead atoms. The molecule has 1 N–H and O–H groups in total. The van der Waals surface area contributed by atoms with Crippen LogP contribution >= 0.6 is 24.0 Å². The molecular formula is C37H75NS2. The molecule has 3 heteroatoms. The summed E-state index contributed by atoms with van der Waals surface area (Å²) in [6.07, 6.45) is 45.9. The summed E-state index contributed by atoms with van der Waals surface area (Å²) in [4.78, 5) is 0. The van der Waals surface area contributed by atoms with Crippen LogP contribution in [0, 0.1) is 0 Å². The second-order valence-corrected chi connectivity index (χ2v) is 14.4. The molecule has 0 radical (unpaired) electrons. The molecule has 0 spiro atoms. The maximum Gasteiger partial charge on any atom is 0.133 e. The van der Waals surface area contributed by atoms with Crippen LogP contribution in [-0.2, 0) is 0 Å². The van der Waals surface area contributed by atoms with E-state index in [1.165, 1.54) is 211 Å². The van der Waals surface area contributed by atoms with E-state index in [9.17, 15) is 0 Å². The number of thiocarbonyl (C=S) groups is 1. The van der Waals surface area contributed by atoms with Crippen LogP contribution in [0.25, 0.3) is 0 Å². The fraction of sp³-hybridized carbons (Fsp3) is 0.973. The molecule has 0 atom stereocenters. The Morgan fingerprint density at radius 3 is 0.925 bits per heavy atom. The fourth-order valence-corrected chi connectivity index (χ4v) is 6.82. The molecule has 0 fully saturated rings. The first kappa shape index (κ1) is 40.2. The van der Waals surface area contributed by atoms with Gasteiger partial charge in [-0.15, -0.1) is 0 Å². The maximum atomic E-state index is 5.53. The average Bonchev–Trinajstić information content (AvgIpc) is 2.96. The summed E-state index contributed by atoms with van der Waals surface area (Å²) in [5, 5.41) is 3.48. The first-order valence-electron chi connectivity index (χ1n) is 18.7. The predicted molar refractivity (Wildman–Crippen MR) is 192 cm³/mol. The van der Waals surface area contributed by atoms with Crippen LogP contribution in [0.2, 0.25) is 0 Å². The van der Waals surface area contributed by atoms with Crippen molar-refractivity contribution in [2.24, 2.45) is 0 Å². The van der Waals surface area contributed by atoms with E-state index < -0.39 is 0 Å². The zero-order chi connectivity index (χ0) is 29.0. The summed E-state index contributed by atoms with van der Waals surface area (Å²) < 4.78 is 1.03. The minimum absolute atomic E-state index is 1.03. The van der Waals surface area contributed by atoms with Crippen LogP contribution < -0.4 is 5.32 Å². The molecule has 0 aromatic heterocycles. The van der Waals surface area contributed by atoms with Gasteiger partial charge in [-0.2, -0.15) is 0 Å². The molecule has 0 amide bonds. The Balaban J connectivity index is 3.14. The Kier molecular flexibility index (Phi) is 37.5. The molecule has 40 heavy (non-hydrogen) atoms. The molecule has 0 heterocycles. The van der Waals surface area contributed by atoms with Gasteiger partial charge < -0.3 is 5.32 Å². The van der Waals surface area contributed by atoms with E-state index in [4.69, 9.17) is 12.2 Å². The molecular weight excluding hydrogens is 523 g/mol. The zero-order valence-electron chi connectivity index (χ0n) is 27.9. The Labute approximate surface area is 264 Å². The van der Waals surface area contributed by atoms with Crippen LogP contribution in [0.3, 0.4) is 0 Å². The van der Waals surface area contributed by atoms with Crippen molar-refractivity contribution in [2.45, 2.75) is 219 Å². The molecule has 0 saturated carbocycles. The normalized spacial score (nSPS) is 11.3. The summed E-state index contributed by atoms with van der Waals surface area (Å²) in [6, 6.07) is 0. The highest BCUT2D eigenvalue weighted by molar-refractivity contribution is 8.22. The number of hydrogen-bond donors (Lipinski definition) is 1. The summed E-state index contributed by atoms with van der Waals surface area (Å²) in [5.74, 6) is 1.20. The first-order valence-corrected chi connectivity index (χ1v) is 20.1. The molecule has 0 aliphatic heterocycles. The Morgan fingerprint density at radius 1 is 0.375 bits per heavy atom. The largest absolute Gasteiger partial charge is 0.371 e. The van der Waals surface area contributed by atoms with Gasteiger partial charge in [0.2, 0.25) is 0 Å². The third-order valence-corrected chi connectivity index (χ3v) is 9.93. The van der Waals surface area contributed by atoms with E-state index >= 15 is 0 Å². The Bertz CT molecular complexity index is 427. The monoisotopic (exact) mass is 598 g/mol. The van der Waals surface area contributed by atoms with Crippen molar-refractivity contribution in [1.82, 2.24) is 5.32 Å². The van der Waals surface area contributed by atoms with Crippen molar-refractivity contribution in [3.8, 4) is 0 Å². The molecule has 0 aliphatic rings. The zero-order valence-corrected chi connectivity index (χ0v) is 29.5. The third kappa shape index (κ3) is 36.3. The smallest absolute Gasteiger partial charge is 0.133 e. The number of unbranched alkanes of at least 4 members (excludes halogenated alkanes) is 30. The number of thioether (sulfide) groups is 1. The van der Waals surface area contributed by atoms with Gasteiger partial charge in [-0.1, -0.05) is 230 Å². The van der Waals surface area contributed by atoms with Crippen LogP contribution in [0.1, 0.15) is 219 Å². The predicted octanol–water partition coefficient (Wildman–Crippen LogP) is 14.1. The van der Waals surface area contributed by atoms with Crippen molar-refractivity contribution >= 4 is 28.3 Å². The fourth-order valence-electron chi connectivity index (χ4n) is 5.73. The van der Waals surface area contributed by atoms with Gasteiger partial charge in [-0.25, -0.2) is 0 Å². The molecule has 0 rings (SSSR count). The highest BCUT2D eigenvalue weighted by Crippen LogP contribution is 2.16. The van der Waals surface area contributed by atoms with Gasteiger partial charge in [0, 0.05) is 12.3 Å². The lowest BCUT2D eigenvalue weighted by Gasteiger charge is -2.08. The van der Waals surface area contributed by atoms with Gasteiger partial charge in [0.1, 0.15) is 4.32 Å². The van der Waals surface area contributed by atoms with Crippen molar-refractivity contribution < 1.29 is 0 Å². The van der Waals surface area contributed by atoms with Gasteiger partial charge in [-0.3, -0.25) is 0 Å². The van der Waals surface area contributed by atoms with E-state index in [-0.39, 0.29) is 0 Å². The molecule has 0 unspecified atom stereocenters. The maximum absolute atomic E-state index is 5.53. The molecule has 0 aromatic carbocycles. The van der Waals surface area contributed by atoms with Crippen molar-refractivity contribution in [3.05, 3.63) is 0 Å². The quantitative estimate of drug-likeness (QED) is 0.0585. The summed E-state index contributed by atoms with van der Waals surface area (Å²) in [5.41, 5.74) is 0. The lowest BCUT2D eigenvalue weighted by Crippen LogP contribution is -2.19. The van der Waals surface area contributed by atoms with Gasteiger partial charge in [0.25, 0.3) is 0 Å². The first-order chi connectivity index (χ1) is 19.8. The second-order valence-electron chi connectivity index (χ2n) is 12.7. The third-order valence-electron chi connectivity index (χ3n) is 8.53. The van der Waals surface area contributed by atoms with Crippen molar-refractivity contribution in [1.29, 1.82) is 0 Å². The van der Waals surface area contributed by atoms with Gasteiger partial charge in [0.05, 0.1) is 0 Å². The van der Waals surface area contributed by atoms with E-state index in [1.807, 2.05) is 11.8 Å². The van der Waals surface area contributed by atoms with E-state index in [0.717, 1.165) is 10.9 Å². The topological polar surface area (TPSA) is 12.0 Å². The van der Waals surface area contributed by atoms with Crippen LogP contribution in [0.15, 0.2) is 0 Å². The average molecular weight is 598 g/mol. The summed E-state index contributed by atoms with van der Waals surface area (Å²) >= 11 is 7.40. The summed E-state index contributed by atoms with van der Waals surface area (Å²) in [7, 11) is 0. The van der Waals surface area contributed by atoms with Crippen LogP contribution in [0.4, 0.5) is 0 Å². The lowest BCUT2D eigenvalue weighted by atomic mass is 10.0. The Morgan fingerprint density at radius 2 is 0.625 bits per heavy atom. The molecule has 0 aliphatic carbocycles. The van der Waals surface area contributed by atoms with Crippen molar-refractivity contribution in [2.75, 3.05) is 12.3 Å². The van der Waals surface area contributed by atoms with Crippen molar-refractivity contribution in [3.63, 3.8) is 0 Å². The number of hydrogen-bond acceptors (Lipinski definition) is 2. The molecule has 0 aromatic rings. The SMILES string of the molecule is CCCCCCCCCCCCCCCCCCNC(=S)SCCCCCCCCCCCCCCCCCC. The van der Waals surface area contributed by atoms with Crippen LogP contribution in [0.5, 0.6) is 0 Å². The van der Waals surface area contributed by atoms with Gasteiger partial charge in [-0.05, 0) is 12.8 Å². The molecule has 1 nitrogen and oxygen atoms in total. The van der Waals surface area contributed by atoms with Gasteiger partial charge >= 0.3 is 0 Å². The minimum Gasteiger partial charge on any atom is -0.371 e. The highest BCUT2D eigenvalue weighted by Gasteiger charge is 1.99. The minimum atomic E-state index is 1.03. The lowest BCUT2D eigenvalue weighted by molar-refractivity contribution is 0.529. The second kappa shape index (κ2) is 37.3. The van der Waals surface area contributed by atoms with E-state index in [2.05, 4.69) is 19.2 Å². The van der Waals surface area contributed by atoms with Crippen LogP contribution in [-0.4, -0.2) is 16.6 Å². The number of rotatable bonds is 34. The van der Waals surface area contributed by atoms with Gasteiger partial charge in [0.15, 0.2) is 0 Å². The summed E-state index contributed by atoms with van der Waals surface area (Å²) in [6.45, 7) is 5.68. The highest BCUT2D eigenvalue weighted by atomic mass is 32.2. The Hall–Kier alpha value is 0.240. The molecule has 240 valence electrons. The standard InChI is InChI=1S/C37H75NS2/c1-3-5-7-9-11-13-15-17-19-21-23-25-27-29-31-33-35-38-37(39)40-36-34-32-30-28-26-24-22-20-18-16-14-12-10-8-6-4-2/h3-36H2,1-2H3,(H,38,39). The van der Waals surface area contributed by atoms with E-state index in [0.29, 0.717) is 0 Å². The molecule has 0 saturated heterocycles. The number of nitrogens with one attached hydrogen (secondary N) is 1.